The Morgan fingerprint density at radius 1 is 1.62 bits per heavy atom. The van der Waals surface area contributed by atoms with Gasteiger partial charge in [-0.3, -0.25) is 0 Å². The van der Waals surface area contributed by atoms with Crippen molar-refractivity contribution in [1.82, 2.24) is 4.98 Å². The van der Waals surface area contributed by atoms with Crippen LogP contribution in [0.15, 0.2) is 27.4 Å². The summed E-state index contributed by atoms with van der Waals surface area (Å²) in [5.74, 6) is -1.12. The molecule has 6 heteroatoms. The maximum atomic E-state index is 10.9. The average molecular weight is 223 g/mol. The van der Waals surface area contributed by atoms with Crippen LogP contribution in [-0.4, -0.2) is 22.7 Å². The first-order valence-corrected chi connectivity index (χ1v) is 4.62. The van der Waals surface area contributed by atoms with E-state index >= 15 is 0 Å². The number of aromatic nitrogens is 1. The molecule has 0 spiro atoms. The molecule has 0 saturated heterocycles. The Labute approximate surface area is 90.5 Å². The fourth-order valence-corrected chi connectivity index (χ4v) is 1.18. The van der Waals surface area contributed by atoms with Gasteiger partial charge in [-0.05, 0) is 13.0 Å². The van der Waals surface area contributed by atoms with E-state index in [1.807, 2.05) is 0 Å². The molecule has 2 aromatic heterocycles. The van der Waals surface area contributed by atoms with Crippen LogP contribution >= 0.6 is 0 Å². The second-order valence-electron chi connectivity index (χ2n) is 2.91. The van der Waals surface area contributed by atoms with Crippen LogP contribution in [0.2, 0.25) is 0 Å². The smallest absolute Gasteiger partial charge is 0.362 e. The SMILES string of the molecule is CCOc1oc(-c2ccoc2)nc1C(=O)O. The lowest BCUT2D eigenvalue weighted by Crippen LogP contribution is -2.01. The molecule has 0 saturated carbocycles. The molecule has 0 bridgehead atoms. The molecule has 2 heterocycles. The molecule has 0 fully saturated rings. The number of carboxylic acid groups (broad SMARTS) is 1. The van der Waals surface area contributed by atoms with Crippen molar-refractivity contribution in [1.29, 1.82) is 0 Å². The number of hydrogen-bond acceptors (Lipinski definition) is 5. The third-order valence-electron chi connectivity index (χ3n) is 1.84. The minimum Gasteiger partial charge on any atom is -0.476 e. The number of carbonyl (C=O) groups is 1. The van der Waals surface area contributed by atoms with E-state index < -0.39 is 5.97 Å². The number of nitrogens with zero attached hydrogens (tertiary/aromatic N) is 1. The molecule has 2 aromatic rings. The lowest BCUT2D eigenvalue weighted by atomic mass is 10.3. The minimum absolute atomic E-state index is 0.0915. The fraction of sp³-hybridized carbons (Fsp3) is 0.200. The van der Waals surface area contributed by atoms with Gasteiger partial charge in [0.25, 0.3) is 0 Å². The van der Waals surface area contributed by atoms with Gasteiger partial charge >= 0.3 is 11.9 Å². The van der Waals surface area contributed by atoms with Crippen LogP contribution in [0.5, 0.6) is 5.95 Å². The van der Waals surface area contributed by atoms with E-state index in [0.29, 0.717) is 12.2 Å². The van der Waals surface area contributed by atoms with Crippen molar-refractivity contribution in [2.45, 2.75) is 6.92 Å². The van der Waals surface area contributed by atoms with Crippen molar-refractivity contribution >= 4 is 5.97 Å². The molecule has 0 aliphatic rings. The Kier molecular flexibility index (Phi) is 2.63. The zero-order valence-corrected chi connectivity index (χ0v) is 8.47. The quantitative estimate of drug-likeness (QED) is 0.853. The molecular formula is C10H9NO5. The first-order chi connectivity index (χ1) is 7.72. The Morgan fingerprint density at radius 3 is 3.00 bits per heavy atom. The van der Waals surface area contributed by atoms with Gasteiger partial charge in [-0.15, -0.1) is 0 Å². The average Bonchev–Trinajstić information content (AvgIpc) is 2.83. The van der Waals surface area contributed by atoms with Crippen molar-refractivity contribution in [3.05, 3.63) is 24.3 Å². The van der Waals surface area contributed by atoms with E-state index in [2.05, 4.69) is 4.98 Å². The van der Waals surface area contributed by atoms with Crippen molar-refractivity contribution < 1.29 is 23.5 Å². The highest BCUT2D eigenvalue weighted by Gasteiger charge is 2.21. The molecule has 84 valence electrons. The monoisotopic (exact) mass is 223 g/mol. The summed E-state index contributed by atoms with van der Waals surface area (Å²) in [6.45, 7) is 2.03. The van der Waals surface area contributed by atoms with Crippen molar-refractivity contribution in [2.75, 3.05) is 6.61 Å². The molecule has 0 atom stereocenters. The van der Waals surface area contributed by atoms with Crippen molar-refractivity contribution in [2.24, 2.45) is 0 Å². The van der Waals surface area contributed by atoms with E-state index in [9.17, 15) is 4.79 Å². The highest BCUT2D eigenvalue weighted by Crippen LogP contribution is 2.27. The van der Waals surface area contributed by atoms with Crippen LogP contribution in [-0.2, 0) is 0 Å². The zero-order chi connectivity index (χ0) is 11.5. The van der Waals surface area contributed by atoms with Gasteiger partial charge in [-0.1, -0.05) is 0 Å². The lowest BCUT2D eigenvalue weighted by molar-refractivity contribution is 0.0683. The third-order valence-corrected chi connectivity index (χ3v) is 1.84. The maximum Gasteiger partial charge on any atom is 0.362 e. The van der Waals surface area contributed by atoms with Crippen LogP contribution in [0.1, 0.15) is 17.4 Å². The van der Waals surface area contributed by atoms with E-state index in [0.717, 1.165) is 0 Å². The molecule has 0 aliphatic heterocycles. The summed E-state index contributed by atoms with van der Waals surface area (Å²) in [4.78, 5) is 14.7. The summed E-state index contributed by atoms with van der Waals surface area (Å²) < 4.78 is 15.1. The summed E-state index contributed by atoms with van der Waals surface area (Å²) in [5.41, 5.74) is 0.325. The lowest BCUT2D eigenvalue weighted by Gasteiger charge is -1.96. The number of oxazole rings is 1. The molecule has 0 aromatic carbocycles. The topological polar surface area (TPSA) is 85.7 Å². The molecule has 16 heavy (non-hydrogen) atoms. The van der Waals surface area contributed by atoms with Gasteiger partial charge in [0, 0.05) is 0 Å². The van der Waals surface area contributed by atoms with Gasteiger partial charge in [0.05, 0.1) is 18.4 Å². The van der Waals surface area contributed by atoms with Gasteiger partial charge in [0.1, 0.15) is 6.26 Å². The van der Waals surface area contributed by atoms with Crippen molar-refractivity contribution in [3.8, 4) is 17.4 Å². The number of aromatic carboxylic acids is 1. The number of ether oxygens (including phenoxy) is 1. The van der Waals surface area contributed by atoms with Crippen LogP contribution in [0.4, 0.5) is 0 Å². The molecule has 0 aliphatic carbocycles. The van der Waals surface area contributed by atoms with Crippen LogP contribution in [0.25, 0.3) is 11.5 Å². The summed E-state index contributed by atoms with van der Waals surface area (Å²) in [5, 5.41) is 8.88. The van der Waals surface area contributed by atoms with Gasteiger partial charge in [0.15, 0.2) is 0 Å². The van der Waals surface area contributed by atoms with Gasteiger partial charge < -0.3 is 18.7 Å². The van der Waals surface area contributed by atoms with E-state index in [4.69, 9.17) is 18.7 Å². The van der Waals surface area contributed by atoms with Gasteiger partial charge in [-0.25, -0.2) is 4.79 Å². The fourth-order valence-electron chi connectivity index (χ4n) is 1.18. The Morgan fingerprint density at radius 2 is 2.44 bits per heavy atom. The predicted molar refractivity (Wildman–Crippen MR) is 52.3 cm³/mol. The van der Waals surface area contributed by atoms with Crippen LogP contribution in [0.3, 0.4) is 0 Å². The standard InChI is InChI=1S/C10H9NO5/c1-2-15-10-7(9(12)13)11-8(16-10)6-3-4-14-5-6/h3-5H,2H2,1H3,(H,12,13). The van der Waals surface area contributed by atoms with Crippen LogP contribution < -0.4 is 4.74 Å². The summed E-state index contributed by atoms with van der Waals surface area (Å²) in [6.07, 6.45) is 2.85. The Balaban J connectivity index is 2.42. The number of hydrogen-bond donors (Lipinski definition) is 1. The maximum absolute atomic E-state index is 10.9. The molecular weight excluding hydrogens is 214 g/mol. The van der Waals surface area contributed by atoms with E-state index in [1.54, 1.807) is 13.0 Å². The second kappa shape index (κ2) is 4.09. The largest absolute Gasteiger partial charge is 0.476 e. The summed E-state index contributed by atoms with van der Waals surface area (Å²) >= 11 is 0. The van der Waals surface area contributed by atoms with Gasteiger partial charge in [0.2, 0.25) is 11.6 Å². The normalized spacial score (nSPS) is 10.3. The van der Waals surface area contributed by atoms with E-state index in [1.165, 1.54) is 12.5 Å². The molecule has 0 unspecified atom stereocenters. The highest BCUT2D eigenvalue weighted by molar-refractivity contribution is 5.88. The minimum atomic E-state index is -1.19. The number of rotatable bonds is 4. The second-order valence-corrected chi connectivity index (χ2v) is 2.91. The molecule has 0 radical (unpaired) electrons. The Hall–Kier alpha value is -2.24. The third kappa shape index (κ3) is 1.77. The van der Waals surface area contributed by atoms with Crippen molar-refractivity contribution in [3.63, 3.8) is 0 Å². The predicted octanol–water partition coefficient (Wildman–Crippen LogP) is 2.03. The first kappa shape index (κ1) is 10.3. The molecule has 1 N–H and O–H groups in total. The Bertz CT molecular complexity index is 485. The molecule has 0 amide bonds. The van der Waals surface area contributed by atoms with E-state index in [-0.39, 0.29) is 17.5 Å². The zero-order valence-electron chi connectivity index (χ0n) is 8.47. The van der Waals surface area contributed by atoms with Gasteiger partial charge in [-0.2, -0.15) is 4.98 Å². The molecule has 2 rings (SSSR count). The first-order valence-electron chi connectivity index (χ1n) is 4.62. The highest BCUT2D eigenvalue weighted by atomic mass is 16.6. The summed E-state index contributed by atoms with van der Waals surface area (Å²) in [7, 11) is 0. The summed E-state index contributed by atoms with van der Waals surface area (Å²) in [6, 6.07) is 1.62. The van der Waals surface area contributed by atoms with Crippen LogP contribution in [0, 0.1) is 0 Å². The number of furan rings is 1. The molecule has 6 nitrogen and oxygen atoms in total. The number of carboxylic acids is 1.